The van der Waals surface area contributed by atoms with E-state index < -0.39 is 0 Å². The summed E-state index contributed by atoms with van der Waals surface area (Å²) >= 11 is 0. The van der Waals surface area contributed by atoms with Crippen molar-refractivity contribution in [1.29, 1.82) is 0 Å². The minimum Gasteiger partial charge on any atom is -0.278 e. The predicted octanol–water partition coefficient (Wildman–Crippen LogP) is 9.12. The number of rotatable bonds is 4. The van der Waals surface area contributed by atoms with Crippen LogP contribution in [0.2, 0.25) is 0 Å². The maximum absolute atomic E-state index is 5.07. The molecule has 0 aliphatic rings. The van der Waals surface area contributed by atoms with Gasteiger partial charge in [0, 0.05) is 21.9 Å². The maximum atomic E-state index is 5.07. The van der Waals surface area contributed by atoms with Gasteiger partial charge in [-0.25, -0.2) is 4.98 Å². The lowest BCUT2D eigenvalue weighted by molar-refractivity contribution is 0.953. The molecule has 0 fully saturated rings. The van der Waals surface area contributed by atoms with Gasteiger partial charge < -0.3 is 0 Å². The molecule has 0 aliphatic carbocycles. The van der Waals surface area contributed by atoms with Gasteiger partial charge in [-0.3, -0.25) is 4.57 Å². The summed E-state index contributed by atoms with van der Waals surface area (Å²) in [7, 11) is 0. The smallest absolute Gasteiger partial charge is 0.238 e. The van der Waals surface area contributed by atoms with E-state index in [2.05, 4.69) is 89.5 Å². The van der Waals surface area contributed by atoms with Gasteiger partial charge in [-0.15, -0.1) is 0 Å². The van der Waals surface area contributed by atoms with Gasteiger partial charge in [0.05, 0.1) is 11.0 Å². The van der Waals surface area contributed by atoms with Crippen LogP contribution in [0.4, 0.5) is 0 Å². The zero-order valence-electron chi connectivity index (χ0n) is 22.1. The third-order valence-corrected chi connectivity index (χ3v) is 7.65. The van der Waals surface area contributed by atoms with Crippen molar-refractivity contribution in [2.75, 3.05) is 0 Å². The minimum atomic E-state index is 0.598. The third-order valence-electron chi connectivity index (χ3n) is 7.65. The second-order valence-electron chi connectivity index (χ2n) is 10.1. The molecule has 0 spiro atoms. The van der Waals surface area contributed by atoms with Crippen LogP contribution in [0.1, 0.15) is 0 Å². The zero-order valence-corrected chi connectivity index (χ0v) is 22.1. The third kappa shape index (κ3) is 3.97. The Labute approximate surface area is 237 Å². The first-order valence-electron chi connectivity index (χ1n) is 13.7. The summed E-state index contributed by atoms with van der Waals surface area (Å²) in [5.41, 5.74) is 6.38. The van der Waals surface area contributed by atoms with Gasteiger partial charge in [0.25, 0.3) is 0 Å². The molecule has 0 unspecified atom stereocenters. The fourth-order valence-electron chi connectivity index (χ4n) is 5.71. The van der Waals surface area contributed by atoms with Crippen LogP contribution in [0.3, 0.4) is 0 Å². The maximum Gasteiger partial charge on any atom is 0.238 e. The number of hydrogen-bond donors (Lipinski definition) is 0. The molecule has 6 aromatic carbocycles. The standard InChI is InChI=1S/C37H24N4/c1-4-12-25(13-5-1)29-21-22-32-31(24-29)34-30-19-11-10-14-26(30)20-23-33(34)41(32)37-39-35(27-15-6-2-7-16-27)38-36(40-37)28-17-8-3-9-18-28/h1-24H. The molecule has 8 rings (SSSR count). The molecular formula is C37H24N4. The molecule has 0 atom stereocenters. The Morgan fingerprint density at radius 3 is 1.61 bits per heavy atom. The number of fused-ring (bicyclic) bond motifs is 5. The molecule has 0 amide bonds. The Morgan fingerprint density at radius 2 is 0.951 bits per heavy atom. The lowest BCUT2D eigenvalue weighted by atomic mass is 10.0. The number of hydrogen-bond acceptors (Lipinski definition) is 3. The van der Waals surface area contributed by atoms with E-state index in [-0.39, 0.29) is 0 Å². The van der Waals surface area contributed by atoms with Crippen LogP contribution in [-0.4, -0.2) is 19.5 Å². The van der Waals surface area contributed by atoms with Crippen LogP contribution in [0.5, 0.6) is 0 Å². The highest BCUT2D eigenvalue weighted by Gasteiger charge is 2.19. The van der Waals surface area contributed by atoms with Crippen molar-refractivity contribution in [2.24, 2.45) is 0 Å². The summed E-state index contributed by atoms with van der Waals surface area (Å²) in [6.07, 6.45) is 0. The van der Waals surface area contributed by atoms with Crippen molar-refractivity contribution >= 4 is 32.6 Å². The summed E-state index contributed by atoms with van der Waals surface area (Å²) in [4.78, 5) is 15.1. The lowest BCUT2D eigenvalue weighted by Gasteiger charge is -2.11. The SMILES string of the molecule is c1ccc(-c2ccc3c(c2)c2c4ccccc4ccc2n3-c2nc(-c3ccccc3)nc(-c3ccccc3)n2)cc1. The normalized spacial score (nSPS) is 11.4. The van der Waals surface area contributed by atoms with Crippen LogP contribution in [-0.2, 0) is 0 Å². The Bertz CT molecular complexity index is 2130. The number of benzene rings is 6. The summed E-state index contributed by atoms with van der Waals surface area (Å²) in [5.74, 6) is 1.89. The van der Waals surface area contributed by atoms with Crippen molar-refractivity contribution in [1.82, 2.24) is 19.5 Å². The zero-order chi connectivity index (χ0) is 27.2. The Hall–Kier alpha value is -5.61. The highest BCUT2D eigenvalue weighted by atomic mass is 15.2. The van der Waals surface area contributed by atoms with Gasteiger partial charge in [0.15, 0.2) is 11.6 Å². The highest BCUT2D eigenvalue weighted by molar-refractivity contribution is 6.21. The molecule has 0 saturated carbocycles. The summed E-state index contributed by atoms with van der Waals surface area (Å²) in [6, 6.07) is 50.4. The topological polar surface area (TPSA) is 43.6 Å². The van der Waals surface area contributed by atoms with E-state index in [0.29, 0.717) is 17.6 Å². The molecule has 41 heavy (non-hydrogen) atoms. The fraction of sp³-hybridized carbons (Fsp3) is 0. The molecule has 0 radical (unpaired) electrons. The molecule has 2 heterocycles. The number of nitrogens with zero attached hydrogens (tertiary/aromatic N) is 4. The predicted molar refractivity (Wildman–Crippen MR) is 168 cm³/mol. The van der Waals surface area contributed by atoms with Gasteiger partial charge in [-0.1, -0.05) is 127 Å². The van der Waals surface area contributed by atoms with Crippen LogP contribution in [0.15, 0.2) is 146 Å². The minimum absolute atomic E-state index is 0.598. The Kier molecular flexibility index (Phi) is 5.42. The average Bonchev–Trinajstić information content (AvgIpc) is 3.40. The molecule has 4 heteroatoms. The van der Waals surface area contributed by atoms with E-state index in [4.69, 9.17) is 15.0 Å². The molecule has 0 N–H and O–H groups in total. The molecule has 0 aliphatic heterocycles. The van der Waals surface area contributed by atoms with E-state index in [1.807, 2.05) is 60.7 Å². The molecule has 8 aromatic rings. The van der Waals surface area contributed by atoms with Crippen molar-refractivity contribution < 1.29 is 0 Å². The van der Waals surface area contributed by atoms with Gasteiger partial charge in [-0.2, -0.15) is 9.97 Å². The van der Waals surface area contributed by atoms with E-state index in [9.17, 15) is 0 Å². The summed E-state index contributed by atoms with van der Waals surface area (Å²) in [5, 5.41) is 4.77. The fourth-order valence-corrected chi connectivity index (χ4v) is 5.71. The number of aromatic nitrogens is 4. The van der Waals surface area contributed by atoms with E-state index >= 15 is 0 Å². The van der Waals surface area contributed by atoms with E-state index in [0.717, 1.165) is 22.2 Å². The Morgan fingerprint density at radius 1 is 0.390 bits per heavy atom. The second-order valence-corrected chi connectivity index (χ2v) is 10.1. The van der Waals surface area contributed by atoms with E-state index in [1.54, 1.807) is 0 Å². The average molecular weight is 525 g/mol. The lowest BCUT2D eigenvalue weighted by Crippen LogP contribution is -2.06. The summed E-state index contributed by atoms with van der Waals surface area (Å²) < 4.78 is 2.19. The molecular weight excluding hydrogens is 500 g/mol. The van der Waals surface area contributed by atoms with Gasteiger partial charge >= 0.3 is 0 Å². The molecule has 0 bridgehead atoms. The van der Waals surface area contributed by atoms with Crippen molar-refractivity contribution in [3.63, 3.8) is 0 Å². The molecule has 4 nitrogen and oxygen atoms in total. The molecule has 0 saturated heterocycles. The first-order chi connectivity index (χ1) is 20.3. The first-order valence-corrected chi connectivity index (χ1v) is 13.7. The Balaban J connectivity index is 1.47. The van der Waals surface area contributed by atoms with Crippen LogP contribution in [0.25, 0.3) is 72.4 Å². The largest absolute Gasteiger partial charge is 0.278 e. The van der Waals surface area contributed by atoms with Crippen molar-refractivity contribution in [3.8, 4) is 39.9 Å². The van der Waals surface area contributed by atoms with Crippen molar-refractivity contribution in [2.45, 2.75) is 0 Å². The van der Waals surface area contributed by atoms with Gasteiger partial charge in [0.1, 0.15) is 0 Å². The van der Waals surface area contributed by atoms with Crippen LogP contribution >= 0.6 is 0 Å². The van der Waals surface area contributed by atoms with Gasteiger partial charge in [-0.05, 0) is 40.1 Å². The molecule has 2 aromatic heterocycles. The van der Waals surface area contributed by atoms with Crippen LogP contribution in [0, 0.1) is 0 Å². The van der Waals surface area contributed by atoms with Gasteiger partial charge in [0.2, 0.25) is 5.95 Å². The second kappa shape index (κ2) is 9.54. The highest BCUT2D eigenvalue weighted by Crippen LogP contribution is 2.38. The summed E-state index contributed by atoms with van der Waals surface area (Å²) in [6.45, 7) is 0. The van der Waals surface area contributed by atoms with Crippen LogP contribution < -0.4 is 0 Å². The van der Waals surface area contributed by atoms with E-state index in [1.165, 1.54) is 32.7 Å². The monoisotopic (exact) mass is 524 g/mol. The quantitative estimate of drug-likeness (QED) is 0.231. The first kappa shape index (κ1) is 23.3. The molecule has 192 valence electrons. The van der Waals surface area contributed by atoms with Crippen molar-refractivity contribution in [3.05, 3.63) is 146 Å².